The van der Waals surface area contributed by atoms with Crippen LogP contribution >= 0.6 is 0 Å². The number of hydrogen-bond acceptors (Lipinski definition) is 5. The van der Waals surface area contributed by atoms with Crippen molar-refractivity contribution in [3.05, 3.63) is 89.5 Å². The van der Waals surface area contributed by atoms with Gasteiger partial charge in [-0.25, -0.2) is 0 Å². The molecule has 0 radical (unpaired) electrons. The third kappa shape index (κ3) is 5.83. The van der Waals surface area contributed by atoms with E-state index in [9.17, 15) is 14.4 Å². The van der Waals surface area contributed by atoms with E-state index < -0.39 is 0 Å². The molecule has 1 fully saturated rings. The zero-order valence-corrected chi connectivity index (χ0v) is 20.1. The van der Waals surface area contributed by atoms with Crippen LogP contribution in [0, 0.1) is 5.92 Å². The Morgan fingerprint density at radius 1 is 0.944 bits per heavy atom. The summed E-state index contributed by atoms with van der Waals surface area (Å²) in [5.41, 5.74) is 7.58. The summed E-state index contributed by atoms with van der Waals surface area (Å²) in [7, 11) is 1.52. The van der Waals surface area contributed by atoms with Gasteiger partial charge in [-0.05, 0) is 48.7 Å². The number of carbonyl (C=O) groups excluding carboxylic acids is 3. The Bertz CT molecular complexity index is 1240. The maximum atomic E-state index is 13.2. The van der Waals surface area contributed by atoms with Crippen LogP contribution < -0.4 is 20.5 Å². The monoisotopic (exact) mass is 487 g/mol. The molecule has 4 rings (SSSR count). The number of anilines is 1. The standard InChI is InChI=1S/C28H29N3O5/c1-35-25-17-21(11-12-24(25)36-18-19-7-3-2-4-8-19)27(33)30-23-10-6-5-9-22(23)28(34)31-15-13-20(14-16-31)26(29)32/h2-12,17,20H,13-16,18H2,1H3,(H2,29,32)(H,30,33). The van der Waals surface area contributed by atoms with Gasteiger partial charge in [-0.3, -0.25) is 14.4 Å². The van der Waals surface area contributed by atoms with E-state index in [1.807, 2.05) is 30.3 Å². The Hall–Kier alpha value is -4.33. The highest BCUT2D eigenvalue weighted by molar-refractivity contribution is 6.09. The molecule has 8 nitrogen and oxygen atoms in total. The Kier molecular flexibility index (Phi) is 7.85. The second-order valence-corrected chi connectivity index (χ2v) is 8.61. The first-order valence-corrected chi connectivity index (χ1v) is 11.8. The minimum absolute atomic E-state index is 0.198. The molecule has 1 heterocycles. The van der Waals surface area contributed by atoms with E-state index in [1.54, 1.807) is 47.4 Å². The molecule has 8 heteroatoms. The Balaban J connectivity index is 1.45. The van der Waals surface area contributed by atoms with E-state index >= 15 is 0 Å². The second kappa shape index (κ2) is 11.4. The Morgan fingerprint density at radius 3 is 2.33 bits per heavy atom. The van der Waals surface area contributed by atoms with Crippen molar-refractivity contribution in [1.29, 1.82) is 0 Å². The van der Waals surface area contributed by atoms with Gasteiger partial charge < -0.3 is 25.4 Å². The fraction of sp³-hybridized carbons (Fsp3) is 0.250. The molecule has 0 spiro atoms. The first-order valence-electron chi connectivity index (χ1n) is 11.8. The molecular formula is C28H29N3O5. The van der Waals surface area contributed by atoms with Gasteiger partial charge in [0.05, 0.1) is 18.4 Å². The molecule has 3 aromatic carbocycles. The summed E-state index contributed by atoms with van der Waals surface area (Å²) in [4.78, 5) is 39.3. The maximum absolute atomic E-state index is 13.2. The largest absolute Gasteiger partial charge is 0.493 e. The number of hydrogen-bond donors (Lipinski definition) is 2. The van der Waals surface area contributed by atoms with E-state index in [0.29, 0.717) is 60.9 Å². The predicted octanol–water partition coefficient (Wildman–Crippen LogP) is 3.86. The molecule has 0 saturated carbocycles. The first-order chi connectivity index (χ1) is 17.5. The molecule has 3 aromatic rings. The molecule has 0 atom stereocenters. The summed E-state index contributed by atoms with van der Waals surface area (Å²) >= 11 is 0. The number of primary amides is 1. The average molecular weight is 488 g/mol. The zero-order chi connectivity index (χ0) is 25.5. The normalized spacial score (nSPS) is 13.6. The Labute approximate surface area is 210 Å². The Morgan fingerprint density at radius 2 is 1.64 bits per heavy atom. The second-order valence-electron chi connectivity index (χ2n) is 8.61. The van der Waals surface area contributed by atoms with E-state index in [-0.39, 0.29) is 23.6 Å². The highest BCUT2D eigenvalue weighted by atomic mass is 16.5. The molecule has 1 aliphatic rings. The van der Waals surface area contributed by atoms with Gasteiger partial charge in [-0.15, -0.1) is 0 Å². The number of piperidine rings is 1. The molecule has 186 valence electrons. The number of likely N-dealkylation sites (tertiary alicyclic amines) is 1. The number of methoxy groups -OCH3 is 1. The fourth-order valence-electron chi connectivity index (χ4n) is 4.17. The van der Waals surface area contributed by atoms with Crippen molar-refractivity contribution in [2.45, 2.75) is 19.4 Å². The lowest BCUT2D eigenvalue weighted by molar-refractivity contribution is -0.123. The summed E-state index contributed by atoms with van der Waals surface area (Å²) < 4.78 is 11.3. The van der Waals surface area contributed by atoms with Gasteiger partial charge in [0.15, 0.2) is 11.5 Å². The molecule has 1 saturated heterocycles. The van der Waals surface area contributed by atoms with Crippen LogP contribution in [0.3, 0.4) is 0 Å². The lowest BCUT2D eigenvalue weighted by atomic mass is 9.95. The van der Waals surface area contributed by atoms with Crippen molar-refractivity contribution in [3.8, 4) is 11.5 Å². The van der Waals surface area contributed by atoms with Gasteiger partial charge in [-0.2, -0.15) is 0 Å². The number of rotatable bonds is 8. The number of nitrogens with two attached hydrogens (primary N) is 1. The molecule has 1 aliphatic heterocycles. The number of carbonyl (C=O) groups is 3. The molecule has 36 heavy (non-hydrogen) atoms. The van der Waals surface area contributed by atoms with Crippen LogP contribution in [0.15, 0.2) is 72.8 Å². The van der Waals surface area contributed by atoms with Crippen LogP contribution in [-0.4, -0.2) is 42.8 Å². The van der Waals surface area contributed by atoms with E-state index in [1.165, 1.54) is 7.11 Å². The van der Waals surface area contributed by atoms with Crippen molar-refractivity contribution in [2.75, 3.05) is 25.5 Å². The average Bonchev–Trinajstić information content (AvgIpc) is 2.92. The molecule has 0 unspecified atom stereocenters. The SMILES string of the molecule is COc1cc(C(=O)Nc2ccccc2C(=O)N2CCC(C(N)=O)CC2)ccc1OCc1ccccc1. The van der Waals surface area contributed by atoms with Gasteiger partial charge in [0.1, 0.15) is 6.61 Å². The minimum atomic E-state index is -0.379. The summed E-state index contributed by atoms with van der Waals surface area (Å²) in [6.45, 7) is 1.25. The summed E-state index contributed by atoms with van der Waals surface area (Å²) in [6.07, 6.45) is 1.07. The van der Waals surface area contributed by atoms with Crippen LogP contribution in [0.2, 0.25) is 0 Å². The quantitative estimate of drug-likeness (QED) is 0.501. The van der Waals surface area contributed by atoms with E-state index in [0.717, 1.165) is 5.56 Å². The van der Waals surface area contributed by atoms with Crippen molar-refractivity contribution >= 4 is 23.4 Å². The molecule has 3 amide bonds. The van der Waals surface area contributed by atoms with Gasteiger partial charge in [0.2, 0.25) is 5.91 Å². The molecule has 0 bridgehead atoms. The van der Waals surface area contributed by atoms with Gasteiger partial charge in [0.25, 0.3) is 11.8 Å². The lowest BCUT2D eigenvalue weighted by Crippen LogP contribution is -2.42. The summed E-state index contributed by atoms with van der Waals surface area (Å²) in [5, 5.41) is 2.85. The van der Waals surface area contributed by atoms with E-state index in [2.05, 4.69) is 5.32 Å². The molecule has 0 aliphatic carbocycles. The van der Waals surface area contributed by atoms with Crippen LogP contribution in [0.4, 0.5) is 5.69 Å². The smallest absolute Gasteiger partial charge is 0.255 e. The van der Waals surface area contributed by atoms with Crippen molar-refractivity contribution in [3.63, 3.8) is 0 Å². The first kappa shape index (κ1) is 24.8. The molecule has 0 aromatic heterocycles. The zero-order valence-electron chi connectivity index (χ0n) is 20.1. The number of benzene rings is 3. The third-order valence-electron chi connectivity index (χ3n) is 6.25. The predicted molar refractivity (Wildman–Crippen MR) is 136 cm³/mol. The minimum Gasteiger partial charge on any atom is -0.493 e. The highest BCUT2D eigenvalue weighted by Gasteiger charge is 2.27. The number of ether oxygens (including phenoxy) is 2. The van der Waals surface area contributed by atoms with Crippen LogP contribution in [0.25, 0.3) is 0 Å². The number of amides is 3. The van der Waals surface area contributed by atoms with Gasteiger partial charge in [-0.1, -0.05) is 42.5 Å². The van der Waals surface area contributed by atoms with Gasteiger partial charge in [0, 0.05) is 24.6 Å². The van der Waals surface area contributed by atoms with Gasteiger partial charge >= 0.3 is 0 Å². The topological polar surface area (TPSA) is 111 Å². The lowest BCUT2D eigenvalue weighted by Gasteiger charge is -2.31. The van der Waals surface area contributed by atoms with Crippen LogP contribution in [-0.2, 0) is 11.4 Å². The summed E-state index contributed by atoms with van der Waals surface area (Å²) in [6, 6.07) is 21.6. The van der Waals surface area contributed by atoms with Crippen molar-refractivity contribution in [2.24, 2.45) is 11.7 Å². The third-order valence-corrected chi connectivity index (χ3v) is 6.25. The summed E-state index contributed by atoms with van der Waals surface area (Å²) in [5.74, 6) is -0.167. The highest BCUT2D eigenvalue weighted by Crippen LogP contribution is 2.30. The number of para-hydroxylation sites is 1. The van der Waals surface area contributed by atoms with E-state index in [4.69, 9.17) is 15.2 Å². The number of nitrogens with one attached hydrogen (secondary N) is 1. The van der Waals surface area contributed by atoms with Crippen LogP contribution in [0.5, 0.6) is 11.5 Å². The van der Waals surface area contributed by atoms with Crippen molar-refractivity contribution in [1.82, 2.24) is 4.90 Å². The number of nitrogens with zero attached hydrogens (tertiary/aromatic N) is 1. The molecular weight excluding hydrogens is 458 g/mol. The van der Waals surface area contributed by atoms with Crippen molar-refractivity contribution < 1.29 is 23.9 Å². The maximum Gasteiger partial charge on any atom is 0.255 e. The molecule has 3 N–H and O–H groups in total. The van der Waals surface area contributed by atoms with Crippen LogP contribution in [0.1, 0.15) is 39.1 Å². The fourth-order valence-corrected chi connectivity index (χ4v) is 4.17.